The minimum Gasteiger partial charge on any atom is -0.465 e. The van der Waals surface area contributed by atoms with Crippen LogP contribution in [0.5, 0.6) is 5.88 Å². The number of nitrogens with zero attached hydrogens (tertiary/aromatic N) is 6. The molecule has 6 rings (SSSR count). The Morgan fingerprint density at radius 3 is 2.69 bits per heavy atom. The molecule has 9 nitrogen and oxygen atoms in total. The van der Waals surface area contributed by atoms with Crippen molar-refractivity contribution in [1.82, 2.24) is 24.6 Å². The molecule has 1 unspecified atom stereocenters. The molecule has 3 fully saturated rings. The first-order chi connectivity index (χ1) is 16.9. The molecule has 1 spiro atoms. The lowest BCUT2D eigenvalue weighted by molar-refractivity contribution is -0.190. The van der Waals surface area contributed by atoms with E-state index in [4.69, 9.17) is 4.74 Å². The fraction of sp³-hybridized carbons (Fsp3) is 0.583. The van der Waals surface area contributed by atoms with Crippen LogP contribution in [0.25, 0.3) is 5.65 Å². The molecule has 4 heterocycles. The van der Waals surface area contributed by atoms with E-state index in [1.807, 2.05) is 13.0 Å². The molecule has 3 aliphatic rings. The fourth-order valence-electron chi connectivity index (χ4n) is 5.99. The summed E-state index contributed by atoms with van der Waals surface area (Å²) in [5, 5.41) is 18.5. The van der Waals surface area contributed by atoms with E-state index in [0.717, 1.165) is 37.9 Å². The zero-order chi connectivity index (χ0) is 25.6. The summed E-state index contributed by atoms with van der Waals surface area (Å²) in [6, 6.07) is 5.06. The monoisotopic (exact) mass is 503 g/mol. The first kappa shape index (κ1) is 23.3. The highest BCUT2D eigenvalue weighted by atomic mass is 19.4. The number of hydrogen-bond acceptors (Lipinski definition) is 8. The summed E-state index contributed by atoms with van der Waals surface area (Å²) in [6.45, 7) is 7.88. The van der Waals surface area contributed by atoms with Crippen molar-refractivity contribution in [3.8, 4) is 5.88 Å². The molecular formula is C24H28F3N7O2. The van der Waals surface area contributed by atoms with Gasteiger partial charge in [0, 0.05) is 48.4 Å². The first-order valence-corrected chi connectivity index (χ1v) is 12.0. The third-order valence-corrected chi connectivity index (χ3v) is 7.96. The van der Waals surface area contributed by atoms with Crippen LogP contribution in [0.2, 0.25) is 0 Å². The SMILES string of the molecule is Cc1cc(N2C[C@H]3[C@H](Nc4nc5c(C(C)(C)O)ccc(O[C@@H](C)C(F)(F)F)n5n4)[C@@H]4CC34C2)ncn1. The average molecular weight is 504 g/mol. The van der Waals surface area contributed by atoms with E-state index in [1.54, 1.807) is 20.2 Å². The summed E-state index contributed by atoms with van der Waals surface area (Å²) in [7, 11) is 0. The van der Waals surface area contributed by atoms with Crippen LogP contribution in [0.4, 0.5) is 24.9 Å². The van der Waals surface area contributed by atoms with Gasteiger partial charge in [-0.3, -0.25) is 0 Å². The van der Waals surface area contributed by atoms with E-state index >= 15 is 0 Å². The van der Waals surface area contributed by atoms with Gasteiger partial charge >= 0.3 is 6.18 Å². The van der Waals surface area contributed by atoms with Crippen LogP contribution in [0.15, 0.2) is 24.5 Å². The zero-order valence-corrected chi connectivity index (χ0v) is 20.4. The molecule has 3 aromatic heterocycles. The van der Waals surface area contributed by atoms with Gasteiger partial charge in [-0.05, 0) is 51.5 Å². The van der Waals surface area contributed by atoms with Crippen molar-refractivity contribution in [3.63, 3.8) is 0 Å². The second-order valence-electron chi connectivity index (χ2n) is 10.8. The number of nitrogens with one attached hydrogen (secondary N) is 1. The summed E-state index contributed by atoms with van der Waals surface area (Å²) in [4.78, 5) is 15.5. The van der Waals surface area contributed by atoms with Crippen molar-refractivity contribution < 1.29 is 23.0 Å². The molecule has 0 bridgehead atoms. The predicted octanol–water partition coefficient (Wildman–Crippen LogP) is 3.32. The molecule has 1 saturated heterocycles. The molecule has 12 heteroatoms. The molecule has 0 aromatic carbocycles. The van der Waals surface area contributed by atoms with E-state index in [1.165, 1.54) is 16.6 Å². The van der Waals surface area contributed by atoms with Crippen LogP contribution in [0.3, 0.4) is 0 Å². The largest absolute Gasteiger partial charge is 0.465 e. The second kappa shape index (κ2) is 7.44. The lowest BCUT2D eigenvalue weighted by atomic mass is 9.71. The quantitative estimate of drug-likeness (QED) is 0.529. The summed E-state index contributed by atoms with van der Waals surface area (Å²) in [5.74, 6) is 2.01. The Balaban J connectivity index is 1.27. The number of alkyl halides is 3. The van der Waals surface area contributed by atoms with E-state index in [2.05, 4.69) is 30.3 Å². The van der Waals surface area contributed by atoms with Crippen molar-refractivity contribution in [3.05, 3.63) is 35.8 Å². The van der Waals surface area contributed by atoms with Gasteiger partial charge in [-0.25, -0.2) is 9.97 Å². The number of rotatable bonds is 6. The average Bonchev–Trinajstić information content (AvgIpc) is 3.05. The molecule has 2 N–H and O–H groups in total. The van der Waals surface area contributed by atoms with Gasteiger partial charge in [0.1, 0.15) is 12.1 Å². The van der Waals surface area contributed by atoms with Gasteiger partial charge in [0.05, 0.1) is 5.60 Å². The Kier molecular flexibility index (Phi) is 4.80. The van der Waals surface area contributed by atoms with Crippen LogP contribution >= 0.6 is 0 Å². The topological polar surface area (TPSA) is 101 Å². The van der Waals surface area contributed by atoms with Gasteiger partial charge in [-0.2, -0.15) is 22.7 Å². The molecule has 0 radical (unpaired) electrons. The van der Waals surface area contributed by atoms with E-state index < -0.39 is 17.9 Å². The summed E-state index contributed by atoms with van der Waals surface area (Å²) in [5.41, 5.74) is 0.611. The molecule has 3 aromatic rings. The smallest absolute Gasteiger partial charge is 0.425 e. The molecule has 192 valence electrons. The molecule has 1 aliphatic heterocycles. The Hall–Kier alpha value is -3.15. The maximum atomic E-state index is 13.1. The number of halogens is 3. The number of aromatic nitrogens is 5. The van der Waals surface area contributed by atoms with E-state index in [9.17, 15) is 18.3 Å². The van der Waals surface area contributed by atoms with E-state index in [0.29, 0.717) is 23.3 Å². The molecule has 2 aliphatic carbocycles. The Labute approximate surface area is 205 Å². The molecule has 36 heavy (non-hydrogen) atoms. The highest BCUT2D eigenvalue weighted by molar-refractivity contribution is 5.56. The highest BCUT2D eigenvalue weighted by Gasteiger charge is 2.76. The van der Waals surface area contributed by atoms with Crippen molar-refractivity contribution in [2.45, 2.75) is 58.0 Å². The minimum atomic E-state index is -4.53. The van der Waals surface area contributed by atoms with Gasteiger partial charge in [0.2, 0.25) is 11.8 Å². The molecular weight excluding hydrogens is 475 g/mol. The van der Waals surface area contributed by atoms with E-state index in [-0.39, 0.29) is 23.0 Å². The standard InChI is InChI=1S/C24H28F3N7O2/c1-12-7-17(29-11-28-12)33-9-16-19(15-8-23(15,16)10-33)30-21-31-20-14(22(3,4)35)5-6-18(34(20)32-21)36-13(2)24(25,26)27/h5-7,11,13,15-16,19,35H,8-10H2,1-4H3,(H,30,32)/t13-,15-,16-,19+,23?/m0/s1. The summed E-state index contributed by atoms with van der Waals surface area (Å²) >= 11 is 0. The molecule has 2 saturated carbocycles. The van der Waals surface area contributed by atoms with Crippen LogP contribution in [-0.2, 0) is 5.60 Å². The van der Waals surface area contributed by atoms with Crippen molar-refractivity contribution in [1.29, 1.82) is 0 Å². The number of hydrogen-bond donors (Lipinski definition) is 2. The number of ether oxygens (including phenoxy) is 1. The van der Waals surface area contributed by atoms with Crippen LogP contribution < -0.4 is 15.0 Å². The Bertz CT molecular complexity index is 1340. The maximum Gasteiger partial charge on any atom is 0.425 e. The zero-order valence-electron chi connectivity index (χ0n) is 20.4. The highest BCUT2D eigenvalue weighted by Crippen LogP contribution is 2.74. The fourth-order valence-corrected chi connectivity index (χ4v) is 5.99. The van der Waals surface area contributed by atoms with Crippen molar-refractivity contribution >= 4 is 17.4 Å². The number of aliphatic hydroxyl groups is 1. The van der Waals surface area contributed by atoms with Gasteiger partial charge < -0.3 is 20.1 Å². The Morgan fingerprint density at radius 1 is 1.22 bits per heavy atom. The van der Waals surface area contributed by atoms with Crippen molar-refractivity contribution in [2.75, 3.05) is 23.3 Å². The molecule has 0 amide bonds. The predicted molar refractivity (Wildman–Crippen MR) is 125 cm³/mol. The number of pyridine rings is 1. The lowest BCUT2D eigenvalue weighted by Crippen LogP contribution is -2.47. The van der Waals surface area contributed by atoms with Gasteiger partial charge in [-0.15, -0.1) is 5.10 Å². The van der Waals surface area contributed by atoms with Gasteiger partial charge in [0.25, 0.3) is 0 Å². The van der Waals surface area contributed by atoms with Crippen molar-refractivity contribution in [2.24, 2.45) is 17.3 Å². The molecule has 5 atom stereocenters. The third kappa shape index (κ3) is 3.56. The van der Waals surface area contributed by atoms with Gasteiger partial charge in [0.15, 0.2) is 11.8 Å². The van der Waals surface area contributed by atoms with Gasteiger partial charge in [-0.1, -0.05) is 0 Å². The Morgan fingerprint density at radius 2 is 2.00 bits per heavy atom. The second-order valence-corrected chi connectivity index (χ2v) is 10.8. The third-order valence-electron chi connectivity index (χ3n) is 7.96. The lowest BCUT2D eigenvalue weighted by Gasteiger charge is -2.38. The minimum absolute atomic E-state index is 0.0936. The summed E-state index contributed by atoms with van der Waals surface area (Å²) < 4.78 is 45.9. The van der Waals surface area contributed by atoms with Crippen LogP contribution in [-0.4, -0.2) is 61.1 Å². The number of aryl methyl sites for hydroxylation is 1. The van der Waals surface area contributed by atoms with Crippen LogP contribution in [0.1, 0.15) is 38.4 Å². The number of fused-ring (bicyclic) bond motifs is 1. The van der Waals surface area contributed by atoms with Crippen LogP contribution in [0, 0.1) is 24.2 Å². The normalized spacial score (nSPS) is 27.9. The maximum absolute atomic E-state index is 13.1. The summed E-state index contributed by atoms with van der Waals surface area (Å²) in [6.07, 6.45) is -3.86. The number of anilines is 2. The first-order valence-electron chi connectivity index (χ1n) is 12.0.